The van der Waals surface area contributed by atoms with Gasteiger partial charge in [-0.05, 0) is 75.0 Å². The molecule has 0 N–H and O–H groups in total. The van der Waals surface area contributed by atoms with Crippen molar-refractivity contribution in [2.75, 3.05) is 9.80 Å². The van der Waals surface area contributed by atoms with E-state index >= 15 is 0 Å². The van der Waals surface area contributed by atoms with E-state index in [1.165, 1.54) is 72.0 Å². The van der Waals surface area contributed by atoms with Gasteiger partial charge < -0.3 is 9.80 Å². The van der Waals surface area contributed by atoms with Crippen LogP contribution in [0.5, 0.6) is 0 Å². The van der Waals surface area contributed by atoms with Crippen LogP contribution in [0, 0.1) is 0 Å². The van der Waals surface area contributed by atoms with Gasteiger partial charge in [-0.25, -0.2) is 0 Å². The summed E-state index contributed by atoms with van der Waals surface area (Å²) in [5.41, 5.74) is 14.1. The molecular formula is C53H40N2. The summed E-state index contributed by atoms with van der Waals surface area (Å²) < 4.78 is 0. The highest BCUT2D eigenvalue weighted by atomic mass is 15.2. The zero-order chi connectivity index (χ0) is 36.9. The molecule has 55 heavy (non-hydrogen) atoms. The predicted molar refractivity (Wildman–Crippen MR) is 234 cm³/mol. The van der Waals surface area contributed by atoms with E-state index in [1.807, 2.05) is 0 Å². The second-order valence-electron chi connectivity index (χ2n) is 15.0. The van der Waals surface area contributed by atoms with Gasteiger partial charge in [-0.2, -0.15) is 0 Å². The number of hydrogen-bond donors (Lipinski definition) is 0. The van der Waals surface area contributed by atoms with Crippen molar-refractivity contribution in [1.29, 1.82) is 0 Å². The molecule has 0 saturated carbocycles. The van der Waals surface area contributed by atoms with Crippen LogP contribution in [0.1, 0.15) is 25.0 Å². The molecule has 0 radical (unpaired) electrons. The molecule has 0 amide bonds. The molecule has 9 aromatic carbocycles. The minimum Gasteiger partial charge on any atom is -0.310 e. The third kappa shape index (κ3) is 5.49. The van der Waals surface area contributed by atoms with Gasteiger partial charge in [0.25, 0.3) is 0 Å². The molecule has 0 aliphatic carbocycles. The number of fused-ring (bicyclic) bond motifs is 4. The number of para-hydroxylation sites is 1. The highest BCUT2D eigenvalue weighted by Crippen LogP contribution is 2.56. The summed E-state index contributed by atoms with van der Waals surface area (Å²) in [5.74, 6) is 0. The van der Waals surface area contributed by atoms with Gasteiger partial charge in [0.05, 0.1) is 22.7 Å². The van der Waals surface area contributed by atoms with E-state index < -0.39 is 0 Å². The van der Waals surface area contributed by atoms with Crippen LogP contribution in [-0.4, -0.2) is 0 Å². The first kappa shape index (κ1) is 32.7. The lowest BCUT2D eigenvalue weighted by molar-refractivity contribution is 0.632. The first-order chi connectivity index (χ1) is 27.1. The fourth-order valence-corrected chi connectivity index (χ4v) is 8.70. The first-order valence-corrected chi connectivity index (χ1v) is 19.1. The molecule has 1 aliphatic heterocycles. The van der Waals surface area contributed by atoms with Crippen LogP contribution in [0.3, 0.4) is 0 Å². The summed E-state index contributed by atoms with van der Waals surface area (Å²) in [6, 6.07) is 75.3. The minimum atomic E-state index is -0.236. The van der Waals surface area contributed by atoms with E-state index in [0.29, 0.717) is 0 Å². The Morgan fingerprint density at radius 2 is 0.964 bits per heavy atom. The molecule has 0 fully saturated rings. The van der Waals surface area contributed by atoms with Gasteiger partial charge >= 0.3 is 0 Å². The average molecular weight is 705 g/mol. The number of hydrogen-bond acceptors (Lipinski definition) is 2. The second kappa shape index (κ2) is 13.2. The molecule has 1 aliphatic rings. The molecule has 10 rings (SSSR count). The molecular weight excluding hydrogens is 665 g/mol. The van der Waals surface area contributed by atoms with E-state index in [-0.39, 0.29) is 5.41 Å². The number of anilines is 6. The Bertz CT molecular complexity index is 2830. The normalized spacial score (nSPS) is 13.0. The minimum absolute atomic E-state index is 0.236. The summed E-state index contributed by atoms with van der Waals surface area (Å²) in [4.78, 5) is 4.98. The van der Waals surface area contributed by atoms with E-state index in [9.17, 15) is 0 Å². The SMILES string of the molecule is CC1(C)c2ccccc2N(c2c(-c3ccccc3)ccc3ccccc23)c2cc(N(c3ccc(-c4ccccc4)cc3)c3cccc4ccccc34)ccc21. The van der Waals surface area contributed by atoms with E-state index in [4.69, 9.17) is 0 Å². The Hall–Kier alpha value is -6.90. The van der Waals surface area contributed by atoms with Crippen molar-refractivity contribution in [2.24, 2.45) is 0 Å². The van der Waals surface area contributed by atoms with Crippen molar-refractivity contribution in [2.45, 2.75) is 19.3 Å². The molecule has 2 nitrogen and oxygen atoms in total. The molecule has 262 valence electrons. The van der Waals surface area contributed by atoms with Gasteiger partial charge in [-0.3, -0.25) is 0 Å². The van der Waals surface area contributed by atoms with E-state index in [1.54, 1.807) is 0 Å². The molecule has 0 spiro atoms. The van der Waals surface area contributed by atoms with Gasteiger partial charge in [0.15, 0.2) is 0 Å². The lowest BCUT2D eigenvalue weighted by atomic mass is 9.73. The standard InChI is InChI=1S/C53H40N2/c1-53(2)47-25-13-14-26-50(47)55(52-45-24-12-10-21-41(45)30-34-46(52)40-18-7-4-8-19-40)51-36-43(33-35-48(51)53)54(49-27-15-22-39-20-9-11-23-44(39)49)42-31-28-38(29-32-42)37-16-5-3-6-17-37/h3-36H,1-2H3. The topological polar surface area (TPSA) is 6.48 Å². The van der Waals surface area contributed by atoms with Crippen LogP contribution >= 0.6 is 0 Å². The van der Waals surface area contributed by atoms with Crippen LogP contribution in [-0.2, 0) is 5.41 Å². The molecule has 0 atom stereocenters. The van der Waals surface area contributed by atoms with Gasteiger partial charge in [0.1, 0.15) is 0 Å². The van der Waals surface area contributed by atoms with Crippen molar-refractivity contribution >= 4 is 55.7 Å². The zero-order valence-corrected chi connectivity index (χ0v) is 31.0. The van der Waals surface area contributed by atoms with Gasteiger partial charge in [-0.15, -0.1) is 0 Å². The number of benzene rings is 9. The fraction of sp³-hybridized carbons (Fsp3) is 0.0566. The smallest absolute Gasteiger partial charge is 0.0618 e. The summed E-state index contributed by atoms with van der Waals surface area (Å²) in [5, 5.41) is 4.85. The van der Waals surface area contributed by atoms with Crippen LogP contribution in [0.25, 0.3) is 43.8 Å². The Labute approximate surface area is 323 Å². The highest BCUT2D eigenvalue weighted by molar-refractivity contribution is 6.08. The molecule has 9 aromatic rings. The van der Waals surface area contributed by atoms with Gasteiger partial charge in [-0.1, -0.05) is 184 Å². The monoisotopic (exact) mass is 704 g/mol. The molecule has 0 bridgehead atoms. The number of nitrogens with zero attached hydrogens (tertiary/aromatic N) is 2. The Morgan fingerprint density at radius 1 is 0.400 bits per heavy atom. The molecule has 2 heteroatoms. The predicted octanol–water partition coefficient (Wildman–Crippen LogP) is 14.9. The van der Waals surface area contributed by atoms with E-state index in [0.717, 1.165) is 17.1 Å². The third-order valence-corrected chi connectivity index (χ3v) is 11.4. The van der Waals surface area contributed by atoms with Crippen molar-refractivity contribution in [3.8, 4) is 22.3 Å². The lowest BCUT2D eigenvalue weighted by Gasteiger charge is -2.43. The third-order valence-electron chi connectivity index (χ3n) is 11.4. The summed E-state index contributed by atoms with van der Waals surface area (Å²) in [6.07, 6.45) is 0. The summed E-state index contributed by atoms with van der Waals surface area (Å²) in [6.45, 7) is 4.74. The fourth-order valence-electron chi connectivity index (χ4n) is 8.70. The Kier molecular flexibility index (Phi) is 7.85. The second-order valence-corrected chi connectivity index (χ2v) is 15.0. The Morgan fingerprint density at radius 3 is 1.73 bits per heavy atom. The maximum absolute atomic E-state index is 2.55. The van der Waals surface area contributed by atoms with Crippen molar-refractivity contribution in [3.63, 3.8) is 0 Å². The molecule has 0 unspecified atom stereocenters. The molecule has 1 heterocycles. The van der Waals surface area contributed by atoms with Crippen LogP contribution in [0.2, 0.25) is 0 Å². The van der Waals surface area contributed by atoms with Gasteiger partial charge in [0, 0.05) is 33.1 Å². The quantitative estimate of drug-likeness (QED) is 0.170. The highest BCUT2D eigenvalue weighted by Gasteiger charge is 2.38. The Balaban J connectivity index is 1.25. The first-order valence-electron chi connectivity index (χ1n) is 19.1. The van der Waals surface area contributed by atoms with Crippen LogP contribution in [0.4, 0.5) is 34.1 Å². The molecule has 0 saturated heterocycles. The maximum Gasteiger partial charge on any atom is 0.0618 e. The average Bonchev–Trinajstić information content (AvgIpc) is 3.25. The van der Waals surface area contributed by atoms with Crippen LogP contribution < -0.4 is 9.80 Å². The van der Waals surface area contributed by atoms with E-state index in [2.05, 4.69) is 230 Å². The molecule has 0 aromatic heterocycles. The van der Waals surface area contributed by atoms with Crippen molar-refractivity contribution in [3.05, 3.63) is 217 Å². The van der Waals surface area contributed by atoms with Crippen LogP contribution in [0.15, 0.2) is 206 Å². The maximum atomic E-state index is 2.55. The van der Waals surface area contributed by atoms with Crippen molar-refractivity contribution in [1.82, 2.24) is 0 Å². The largest absolute Gasteiger partial charge is 0.310 e. The summed E-state index contributed by atoms with van der Waals surface area (Å²) >= 11 is 0. The van der Waals surface area contributed by atoms with Crippen molar-refractivity contribution < 1.29 is 0 Å². The zero-order valence-electron chi connectivity index (χ0n) is 31.0. The van der Waals surface area contributed by atoms with Gasteiger partial charge in [0.2, 0.25) is 0 Å². The summed E-state index contributed by atoms with van der Waals surface area (Å²) in [7, 11) is 0. The number of rotatable bonds is 6. The lowest BCUT2D eigenvalue weighted by Crippen LogP contribution is -2.31.